The minimum atomic E-state index is -0.221. The molecule has 1 fully saturated rings. The molecule has 37 heavy (non-hydrogen) atoms. The van der Waals surface area contributed by atoms with Gasteiger partial charge in [0.05, 0.1) is 5.70 Å². The van der Waals surface area contributed by atoms with Gasteiger partial charge in [-0.1, -0.05) is 61.7 Å². The van der Waals surface area contributed by atoms with E-state index in [-0.39, 0.29) is 5.91 Å². The number of likely N-dealkylation sites (tertiary alicyclic amines) is 1. The van der Waals surface area contributed by atoms with Gasteiger partial charge in [-0.3, -0.25) is 9.79 Å². The number of nitrogens with zero attached hydrogens (tertiary/aromatic N) is 3. The Morgan fingerprint density at radius 3 is 2.32 bits per heavy atom. The lowest BCUT2D eigenvalue weighted by molar-refractivity contribution is -0.113. The van der Waals surface area contributed by atoms with Crippen LogP contribution in [0.25, 0.3) is 11.3 Å². The van der Waals surface area contributed by atoms with Gasteiger partial charge in [0.1, 0.15) is 0 Å². The number of aliphatic imine (C=N–C) groups is 1. The van der Waals surface area contributed by atoms with Gasteiger partial charge in [-0.2, -0.15) is 0 Å². The van der Waals surface area contributed by atoms with Gasteiger partial charge in [-0.05, 0) is 79.6 Å². The number of hydrogen-bond donors (Lipinski definition) is 1. The van der Waals surface area contributed by atoms with Gasteiger partial charge >= 0.3 is 0 Å². The molecule has 3 rings (SSSR count). The minimum Gasteiger partial charge on any atom is -0.371 e. The molecule has 0 atom stereocenters. The second-order valence-corrected chi connectivity index (χ2v) is 9.49. The van der Waals surface area contributed by atoms with Crippen molar-refractivity contribution >= 4 is 29.1 Å². The van der Waals surface area contributed by atoms with Gasteiger partial charge in [0.2, 0.25) is 0 Å². The SMILES string of the molecule is C=C(C(=O)Nc1cc(C(=C)N2CCC(c3ccc(/C(C=NC)=C/C)cc3)CC2)ccc1C)N(C)/C=C\C. The van der Waals surface area contributed by atoms with E-state index < -0.39 is 0 Å². The number of piperidine rings is 1. The second-order valence-electron chi connectivity index (χ2n) is 9.49. The Hall–Kier alpha value is -3.86. The summed E-state index contributed by atoms with van der Waals surface area (Å²) in [6.07, 6.45) is 9.84. The lowest BCUT2D eigenvalue weighted by Gasteiger charge is -2.35. The van der Waals surface area contributed by atoms with E-state index >= 15 is 0 Å². The zero-order chi connectivity index (χ0) is 26.9. The molecule has 1 N–H and O–H groups in total. The van der Waals surface area contributed by atoms with E-state index in [2.05, 4.69) is 64.8 Å². The molecule has 5 nitrogen and oxygen atoms in total. The van der Waals surface area contributed by atoms with Crippen LogP contribution in [0.4, 0.5) is 5.69 Å². The van der Waals surface area contributed by atoms with Crippen molar-refractivity contribution in [2.24, 2.45) is 4.99 Å². The van der Waals surface area contributed by atoms with Crippen molar-refractivity contribution in [3.8, 4) is 0 Å². The standard InChI is InChI=1S/C32H40N4O/c1-8-18-35(7)25(5)32(37)34-31-21-30(11-10-23(31)3)24(4)36-19-16-29(17-20-36)28-14-12-27(13-15-28)26(9-2)22-33-6/h8-15,18,21-22,29H,4-5,16-17,19-20H2,1-3,6-7H3,(H,34,37)/b18-8-,26-9+,33-22?. The normalized spacial score (nSPS) is 14.8. The summed E-state index contributed by atoms with van der Waals surface area (Å²) in [5.74, 6) is 0.321. The predicted molar refractivity (Wildman–Crippen MR) is 159 cm³/mol. The van der Waals surface area contributed by atoms with Gasteiger partial charge in [0.15, 0.2) is 0 Å². The molecule has 0 aromatic heterocycles. The molecule has 0 bridgehead atoms. The Bertz CT molecular complexity index is 1210. The van der Waals surface area contributed by atoms with Gasteiger partial charge in [-0.15, -0.1) is 0 Å². The first kappa shape index (κ1) is 27.7. The number of rotatable bonds is 9. The number of benzene rings is 2. The molecule has 0 saturated carbocycles. The molecule has 0 aliphatic carbocycles. The molecule has 5 heteroatoms. The molecule has 1 saturated heterocycles. The summed E-state index contributed by atoms with van der Waals surface area (Å²) >= 11 is 0. The van der Waals surface area contributed by atoms with Crippen molar-refractivity contribution in [2.45, 2.75) is 39.5 Å². The number of anilines is 1. The highest BCUT2D eigenvalue weighted by atomic mass is 16.2. The summed E-state index contributed by atoms with van der Waals surface area (Å²) in [7, 11) is 3.61. The number of nitrogens with one attached hydrogen (secondary N) is 1. The van der Waals surface area contributed by atoms with Crippen molar-refractivity contribution in [3.05, 3.63) is 102 Å². The number of carbonyl (C=O) groups is 1. The lowest BCUT2D eigenvalue weighted by atomic mass is 9.88. The molecule has 0 radical (unpaired) electrons. The number of likely N-dealkylation sites (N-methyl/N-ethyl adjacent to an activating group) is 1. The van der Waals surface area contributed by atoms with Gasteiger partial charge in [-0.25, -0.2) is 0 Å². The van der Waals surface area contributed by atoms with E-state index in [0.29, 0.717) is 11.6 Å². The van der Waals surface area contributed by atoms with E-state index in [4.69, 9.17) is 0 Å². The van der Waals surface area contributed by atoms with E-state index in [0.717, 1.165) is 54.0 Å². The van der Waals surface area contributed by atoms with Crippen LogP contribution in [0.15, 0.2) is 84.7 Å². The molecule has 1 aliphatic rings. The van der Waals surface area contributed by atoms with Crippen LogP contribution in [-0.4, -0.2) is 49.1 Å². The third kappa shape index (κ3) is 6.88. The summed E-state index contributed by atoms with van der Waals surface area (Å²) in [6, 6.07) is 15.0. The van der Waals surface area contributed by atoms with Crippen LogP contribution in [0.5, 0.6) is 0 Å². The molecular weight excluding hydrogens is 456 g/mol. The molecule has 0 spiro atoms. The lowest BCUT2D eigenvalue weighted by Crippen LogP contribution is -2.31. The summed E-state index contributed by atoms with van der Waals surface area (Å²) < 4.78 is 0. The van der Waals surface area contributed by atoms with Crippen LogP contribution >= 0.6 is 0 Å². The molecule has 2 aromatic rings. The summed E-state index contributed by atoms with van der Waals surface area (Å²) in [5, 5.41) is 3.01. The molecule has 1 aliphatic heterocycles. The zero-order valence-electron chi connectivity index (χ0n) is 22.9. The molecule has 1 amide bonds. The van der Waals surface area contributed by atoms with Crippen LogP contribution in [0.2, 0.25) is 0 Å². The summed E-state index contributed by atoms with van der Waals surface area (Å²) in [4.78, 5) is 20.9. The fourth-order valence-electron chi connectivity index (χ4n) is 4.67. The molecular formula is C32H40N4O. The maximum atomic E-state index is 12.7. The fourth-order valence-corrected chi connectivity index (χ4v) is 4.67. The maximum absolute atomic E-state index is 12.7. The Kier molecular flexibility index (Phi) is 9.67. The molecule has 2 aromatic carbocycles. The van der Waals surface area contributed by atoms with Crippen molar-refractivity contribution < 1.29 is 4.79 Å². The third-order valence-corrected chi connectivity index (χ3v) is 7.05. The van der Waals surface area contributed by atoms with E-state index in [1.165, 1.54) is 11.1 Å². The van der Waals surface area contributed by atoms with Crippen LogP contribution in [-0.2, 0) is 4.79 Å². The van der Waals surface area contributed by atoms with Crippen LogP contribution in [0.1, 0.15) is 54.9 Å². The quantitative estimate of drug-likeness (QED) is 0.304. The number of aryl methyl sites for hydroxylation is 1. The number of allylic oxidation sites excluding steroid dienone is 3. The smallest absolute Gasteiger partial charge is 0.271 e. The first-order valence-corrected chi connectivity index (χ1v) is 12.9. The number of carbonyl (C=O) groups excluding carboxylic acids is 1. The number of hydrogen-bond acceptors (Lipinski definition) is 4. The average Bonchev–Trinajstić information content (AvgIpc) is 2.92. The highest BCUT2D eigenvalue weighted by molar-refractivity contribution is 6.09. The Morgan fingerprint density at radius 1 is 1.08 bits per heavy atom. The molecule has 1 heterocycles. The Morgan fingerprint density at radius 2 is 1.73 bits per heavy atom. The highest BCUT2D eigenvalue weighted by Crippen LogP contribution is 2.33. The van der Waals surface area contributed by atoms with Crippen LogP contribution in [0.3, 0.4) is 0 Å². The third-order valence-electron chi connectivity index (χ3n) is 7.05. The van der Waals surface area contributed by atoms with Crippen LogP contribution in [0, 0.1) is 6.92 Å². The second kappa shape index (κ2) is 12.9. The van der Waals surface area contributed by atoms with Gasteiger partial charge < -0.3 is 15.1 Å². The first-order chi connectivity index (χ1) is 17.8. The van der Waals surface area contributed by atoms with Crippen LogP contribution < -0.4 is 5.32 Å². The topological polar surface area (TPSA) is 47.9 Å². The summed E-state index contributed by atoms with van der Waals surface area (Å²) in [6.45, 7) is 16.2. The van der Waals surface area contributed by atoms with E-state index in [1.807, 2.05) is 58.4 Å². The molecule has 194 valence electrons. The number of amides is 1. The highest BCUT2D eigenvalue weighted by Gasteiger charge is 2.22. The zero-order valence-corrected chi connectivity index (χ0v) is 22.9. The van der Waals surface area contributed by atoms with E-state index in [9.17, 15) is 4.79 Å². The van der Waals surface area contributed by atoms with E-state index in [1.54, 1.807) is 11.9 Å². The minimum absolute atomic E-state index is 0.221. The van der Waals surface area contributed by atoms with Crippen molar-refractivity contribution in [1.82, 2.24) is 9.80 Å². The largest absolute Gasteiger partial charge is 0.371 e. The summed E-state index contributed by atoms with van der Waals surface area (Å²) in [5.41, 5.74) is 7.91. The van der Waals surface area contributed by atoms with Crippen molar-refractivity contribution in [3.63, 3.8) is 0 Å². The Balaban J connectivity index is 1.64. The monoisotopic (exact) mass is 496 g/mol. The van der Waals surface area contributed by atoms with Crippen molar-refractivity contribution in [1.29, 1.82) is 0 Å². The predicted octanol–water partition coefficient (Wildman–Crippen LogP) is 6.87. The maximum Gasteiger partial charge on any atom is 0.271 e. The van der Waals surface area contributed by atoms with Gasteiger partial charge in [0, 0.05) is 44.8 Å². The molecule has 0 unspecified atom stereocenters. The van der Waals surface area contributed by atoms with Gasteiger partial charge in [0.25, 0.3) is 5.91 Å². The Labute approximate surface area is 222 Å². The average molecular weight is 497 g/mol. The first-order valence-electron chi connectivity index (χ1n) is 12.9. The van der Waals surface area contributed by atoms with Crippen molar-refractivity contribution in [2.75, 3.05) is 32.5 Å². The fraction of sp³-hybridized carbons (Fsp3) is 0.312.